The smallest absolute Gasteiger partial charge is 0.332 e. The van der Waals surface area contributed by atoms with E-state index in [-0.39, 0.29) is 10.9 Å². The number of rotatable bonds is 6. The van der Waals surface area contributed by atoms with E-state index in [0.717, 1.165) is 21.9 Å². The molecule has 0 atom stereocenters. The van der Waals surface area contributed by atoms with Crippen molar-refractivity contribution in [2.75, 3.05) is 18.1 Å². The Morgan fingerprint density at radius 2 is 1.68 bits per heavy atom. The number of nitrogens with zero attached hydrogens (tertiary/aromatic N) is 1. The van der Waals surface area contributed by atoms with Crippen LogP contribution in [-0.2, 0) is 15.4 Å². The average molecular weight is 488 g/mol. The number of H-pyrrole nitrogens is 1. The zero-order valence-electron chi connectivity index (χ0n) is 19.7. The number of hydrogen-bond donors (Lipinski definition) is 2. The van der Waals surface area contributed by atoms with Gasteiger partial charge in [-0.15, -0.1) is 0 Å². The zero-order valence-corrected chi connectivity index (χ0v) is 20.5. The SMILES string of the molecule is COc1c(/C=C/c2ccc(NS(C)(=O)=O)cc2)cc(-n2c(=O)cc[nH]c2=O)cc1C(C)(C)C.O. The molecule has 4 N–H and O–H groups in total. The number of nitrogens with one attached hydrogen (secondary N) is 2. The maximum absolute atomic E-state index is 12.4. The van der Waals surface area contributed by atoms with Gasteiger partial charge in [0.05, 0.1) is 19.1 Å². The van der Waals surface area contributed by atoms with E-state index in [9.17, 15) is 18.0 Å². The van der Waals surface area contributed by atoms with Crippen molar-refractivity contribution in [3.8, 4) is 11.4 Å². The predicted octanol–water partition coefficient (Wildman–Crippen LogP) is 2.55. The average Bonchev–Trinajstić information content (AvgIpc) is 2.71. The van der Waals surface area contributed by atoms with E-state index in [2.05, 4.69) is 9.71 Å². The third-order valence-corrected chi connectivity index (χ3v) is 5.50. The van der Waals surface area contributed by atoms with Crippen LogP contribution in [0.1, 0.15) is 37.5 Å². The van der Waals surface area contributed by atoms with Crippen molar-refractivity contribution in [3.63, 3.8) is 0 Å². The molecular weight excluding hydrogens is 458 g/mol. The summed E-state index contributed by atoms with van der Waals surface area (Å²) in [5.74, 6) is 0.637. The quantitative estimate of drug-likeness (QED) is 0.514. The fourth-order valence-electron chi connectivity index (χ4n) is 3.40. The number of ether oxygens (including phenoxy) is 1. The van der Waals surface area contributed by atoms with E-state index in [1.165, 1.54) is 12.3 Å². The van der Waals surface area contributed by atoms with Crippen molar-refractivity contribution < 1.29 is 18.6 Å². The summed E-state index contributed by atoms with van der Waals surface area (Å²) >= 11 is 0. The van der Waals surface area contributed by atoms with E-state index in [0.29, 0.717) is 22.7 Å². The third kappa shape index (κ3) is 6.24. The number of anilines is 1. The second-order valence-electron chi connectivity index (χ2n) is 8.65. The van der Waals surface area contributed by atoms with Gasteiger partial charge in [-0.3, -0.25) is 9.52 Å². The van der Waals surface area contributed by atoms with Crippen LogP contribution >= 0.6 is 0 Å². The monoisotopic (exact) mass is 487 g/mol. The van der Waals surface area contributed by atoms with Crippen molar-refractivity contribution in [1.29, 1.82) is 0 Å². The lowest BCUT2D eigenvalue weighted by Crippen LogP contribution is -2.32. The molecule has 2 aromatic carbocycles. The van der Waals surface area contributed by atoms with E-state index >= 15 is 0 Å². The van der Waals surface area contributed by atoms with Crippen molar-refractivity contribution in [1.82, 2.24) is 9.55 Å². The Morgan fingerprint density at radius 1 is 1.03 bits per heavy atom. The van der Waals surface area contributed by atoms with Gasteiger partial charge in [-0.05, 0) is 35.2 Å². The second-order valence-corrected chi connectivity index (χ2v) is 10.4. The predicted molar refractivity (Wildman–Crippen MR) is 135 cm³/mol. The first-order valence-corrected chi connectivity index (χ1v) is 12.1. The molecule has 1 aromatic heterocycles. The summed E-state index contributed by atoms with van der Waals surface area (Å²) in [6, 6.07) is 11.7. The molecule has 0 aliphatic heterocycles. The summed E-state index contributed by atoms with van der Waals surface area (Å²) in [6.45, 7) is 6.06. The molecular formula is C24H29N3O6S. The van der Waals surface area contributed by atoms with E-state index in [1.807, 2.05) is 32.9 Å². The summed E-state index contributed by atoms with van der Waals surface area (Å²) in [5.41, 5.74) is 1.96. The first-order chi connectivity index (χ1) is 15.4. The molecule has 0 saturated heterocycles. The van der Waals surface area contributed by atoms with E-state index < -0.39 is 21.3 Å². The summed E-state index contributed by atoms with van der Waals surface area (Å²) in [5, 5.41) is 0. The van der Waals surface area contributed by atoms with Crippen LogP contribution in [0.3, 0.4) is 0 Å². The Morgan fingerprint density at radius 3 is 2.21 bits per heavy atom. The Kier molecular flexibility index (Phi) is 7.91. The van der Waals surface area contributed by atoms with Crippen molar-refractivity contribution in [3.05, 3.63) is 86.2 Å². The molecule has 0 saturated carbocycles. The molecule has 34 heavy (non-hydrogen) atoms. The Labute approximate surface area is 198 Å². The van der Waals surface area contributed by atoms with E-state index in [1.54, 1.807) is 43.5 Å². The van der Waals surface area contributed by atoms with Crippen molar-refractivity contribution in [2.24, 2.45) is 0 Å². The highest BCUT2D eigenvalue weighted by Crippen LogP contribution is 2.36. The normalized spacial score (nSPS) is 11.8. The molecule has 3 rings (SSSR count). The highest BCUT2D eigenvalue weighted by Gasteiger charge is 2.23. The van der Waals surface area contributed by atoms with Crippen LogP contribution in [0.2, 0.25) is 0 Å². The second kappa shape index (κ2) is 10.1. The first-order valence-electron chi connectivity index (χ1n) is 10.2. The maximum Gasteiger partial charge on any atom is 0.332 e. The lowest BCUT2D eigenvalue weighted by Gasteiger charge is -2.24. The number of methoxy groups -OCH3 is 1. The van der Waals surface area contributed by atoms with Crippen LogP contribution in [0.5, 0.6) is 5.75 Å². The van der Waals surface area contributed by atoms with Crippen molar-refractivity contribution in [2.45, 2.75) is 26.2 Å². The molecule has 0 aliphatic carbocycles. The number of aromatic nitrogens is 2. The summed E-state index contributed by atoms with van der Waals surface area (Å²) in [6.07, 6.45) is 6.09. The summed E-state index contributed by atoms with van der Waals surface area (Å²) in [4.78, 5) is 27.3. The van der Waals surface area contributed by atoms with E-state index in [4.69, 9.17) is 4.74 Å². The highest BCUT2D eigenvalue weighted by molar-refractivity contribution is 7.92. The van der Waals surface area contributed by atoms with Gasteiger partial charge in [0.25, 0.3) is 5.56 Å². The fraction of sp³-hybridized carbons (Fsp3) is 0.250. The fourth-order valence-corrected chi connectivity index (χ4v) is 3.97. The van der Waals surface area contributed by atoms with Crippen LogP contribution in [0.15, 0.2) is 58.3 Å². The van der Waals surface area contributed by atoms with Crippen LogP contribution in [0.4, 0.5) is 5.69 Å². The Balaban J connectivity index is 0.00000408. The molecule has 10 heteroatoms. The van der Waals surface area contributed by atoms with Gasteiger partial charge in [-0.1, -0.05) is 45.1 Å². The number of benzene rings is 2. The molecule has 0 unspecified atom stereocenters. The maximum atomic E-state index is 12.4. The first kappa shape index (κ1) is 26.6. The highest BCUT2D eigenvalue weighted by atomic mass is 32.2. The minimum absolute atomic E-state index is 0. The topological polar surface area (TPSA) is 142 Å². The van der Waals surface area contributed by atoms with Crippen molar-refractivity contribution >= 4 is 27.9 Å². The van der Waals surface area contributed by atoms with Crippen LogP contribution in [0, 0.1) is 0 Å². The van der Waals surface area contributed by atoms with Gasteiger partial charge in [0, 0.05) is 29.1 Å². The molecule has 182 valence electrons. The van der Waals surface area contributed by atoms with Crippen LogP contribution in [0.25, 0.3) is 17.8 Å². The van der Waals surface area contributed by atoms with Crippen LogP contribution < -0.4 is 20.7 Å². The van der Waals surface area contributed by atoms with Gasteiger partial charge in [-0.25, -0.2) is 17.8 Å². The molecule has 0 aliphatic rings. The molecule has 0 spiro atoms. The summed E-state index contributed by atoms with van der Waals surface area (Å²) in [7, 11) is -1.77. The van der Waals surface area contributed by atoms with Gasteiger partial charge in [-0.2, -0.15) is 0 Å². The largest absolute Gasteiger partial charge is 0.496 e. The molecule has 0 radical (unpaired) electrons. The molecule has 0 fully saturated rings. The molecule has 1 heterocycles. The Bertz CT molecular complexity index is 1380. The molecule has 0 amide bonds. The Hall–Kier alpha value is -3.63. The number of aromatic amines is 1. The van der Waals surface area contributed by atoms with Crippen LogP contribution in [-0.4, -0.2) is 36.8 Å². The lowest BCUT2D eigenvalue weighted by molar-refractivity contribution is 0.396. The lowest BCUT2D eigenvalue weighted by atomic mass is 9.84. The van der Waals surface area contributed by atoms with Gasteiger partial charge >= 0.3 is 5.69 Å². The van der Waals surface area contributed by atoms with Gasteiger partial charge in [0.2, 0.25) is 10.0 Å². The van der Waals surface area contributed by atoms with Gasteiger partial charge in [0.1, 0.15) is 5.75 Å². The minimum atomic E-state index is -3.35. The molecule has 3 aromatic rings. The number of sulfonamides is 1. The standard InChI is InChI=1S/C24H27N3O5S.H2O/c1-24(2,3)20-15-19(27-21(28)12-13-25-23(27)29)14-17(22(20)32-4)9-6-16-7-10-18(11-8-16)26-33(5,30)31;/h6-15,26H,1-5H3,(H,25,29);1H2/b9-6+;. The summed E-state index contributed by atoms with van der Waals surface area (Å²) < 4.78 is 32.0. The number of hydrogen-bond acceptors (Lipinski definition) is 5. The molecule has 9 nitrogen and oxygen atoms in total. The zero-order chi connectivity index (χ0) is 24.4. The van der Waals surface area contributed by atoms with Gasteiger partial charge in [0.15, 0.2) is 0 Å². The van der Waals surface area contributed by atoms with Gasteiger partial charge < -0.3 is 15.2 Å². The minimum Gasteiger partial charge on any atom is -0.496 e. The third-order valence-electron chi connectivity index (χ3n) is 4.90. The molecule has 0 bridgehead atoms.